The highest BCUT2D eigenvalue weighted by Gasteiger charge is 2.12. The molecule has 0 radical (unpaired) electrons. The van der Waals surface area contributed by atoms with E-state index in [1.54, 1.807) is 49.6 Å². The van der Waals surface area contributed by atoms with Gasteiger partial charge in [-0.15, -0.1) is 0 Å². The fourth-order valence-corrected chi connectivity index (χ4v) is 2.39. The molecule has 0 aliphatic rings. The van der Waals surface area contributed by atoms with Crippen molar-refractivity contribution in [3.63, 3.8) is 0 Å². The average Bonchev–Trinajstić information content (AvgIpc) is 2.55. The number of aliphatic hydroxyl groups excluding tert-OH is 1. The minimum atomic E-state index is -0.741. The van der Waals surface area contributed by atoms with Gasteiger partial charge in [-0.25, -0.2) is 0 Å². The summed E-state index contributed by atoms with van der Waals surface area (Å²) in [6, 6.07) is 15.7. The van der Waals surface area contributed by atoms with E-state index in [0.29, 0.717) is 16.7 Å². The topological polar surface area (TPSA) is 59.7 Å². The van der Waals surface area contributed by atoms with Crippen LogP contribution in [0, 0.1) is 0 Å². The lowest BCUT2D eigenvalue weighted by Gasteiger charge is -2.11. The highest BCUT2D eigenvalue weighted by molar-refractivity contribution is 5.76. The number of hydrogen-bond acceptors (Lipinski definition) is 4. The number of para-hydroxylation sites is 1. The van der Waals surface area contributed by atoms with Crippen molar-refractivity contribution in [1.82, 2.24) is 0 Å². The Kier molecular flexibility index (Phi) is 3.94. The molecule has 4 nitrogen and oxygen atoms in total. The number of hydrogen-bond donors (Lipinski definition) is 1. The maximum absolute atomic E-state index is 12.0. The van der Waals surface area contributed by atoms with Gasteiger partial charge in [0.25, 0.3) is 0 Å². The summed E-state index contributed by atoms with van der Waals surface area (Å²) in [4.78, 5) is 12.0. The molecule has 4 heteroatoms. The number of methoxy groups -OCH3 is 1. The van der Waals surface area contributed by atoms with Crippen LogP contribution < -0.4 is 10.2 Å². The van der Waals surface area contributed by atoms with Crippen LogP contribution in [0.1, 0.15) is 17.4 Å². The second-order valence-electron chi connectivity index (χ2n) is 5.07. The summed E-state index contributed by atoms with van der Waals surface area (Å²) in [5.41, 5.74) is 1.18. The maximum atomic E-state index is 12.0. The maximum Gasteiger partial charge on any atom is 0.192 e. The van der Waals surface area contributed by atoms with E-state index in [2.05, 4.69) is 0 Å². The van der Waals surface area contributed by atoms with E-state index in [1.165, 1.54) is 6.07 Å². The fraction of sp³-hybridized carbons (Fsp3) is 0.167. The van der Waals surface area contributed by atoms with E-state index in [9.17, 15) is 9.90 Å². The molecule has 112 valence electrons. The smallest absolute Gasteiger partial charge is 0.192 e. The predicted molar refractivity (Wildman–Crippen MR) is 84.1 cm³/mol. The molecule has 2 aromatic carbocycles. The summed E-state index contributed by atoms with van der Waals surface area (Å²) in [5, 5.41) is 10.8. The van der Waals surface area contributed by atoms with E-state index >= 15 is 0 Å². The summed E-state index contributed by atoms with van der Waals surface area (Å²) in [5.74, 6) is 1.19. The first-order valence-electron chi connectivity index (χ1n) is 7.01. The summed E-state index contributed by atoms with van der Waals surface area (Å²) in [7, 11) is 1.59. The Morgan fingerprint density at radius 3 is 2.59 bits per heavy atom. The van der Waals surface area contributed by atoms with Gasteiger partial charge in [-0.2, -0.15) is 0 Å². The summed E-state index contributed by atoms with van der Waals surface area (Å²) >= 11 is 0. The molecule has 1 N–H and O–H groups in total. The number of ether oxygens (including phenoxy) is 1. The molecule has 0 amide bonds. The molecular formula is C18H16O4. The van der Waals surface area contributed by atoms with E-state index < -0.39 is 6.10 Å². The number of rotatable bonds is 4. The van der Waals surface area contributed by atoms with Gasteiger partial charge in [0.1, 0.15) is 17.1 Å². The van der Waals surface area contributed by atoms with E-state index in [0.717, 1.165) is 11.3 Å². The second kappa shape index (κ2) is 6.03. The van der Waals surface area contributed by atoms with Crippen LogP contribution in [0.4, 0.5) is 0 Å². The second-order valence-corrected chi connectivity index (χ2v) is 5.07. The number of fused-ring (bicyclic) bond motifs is 1. The SMILES string of the molecule is COc1ccc(C(O)Cc2cc(=O)c3ccccc3o2)cc1. The highest BCUT2D eigenvalue weighted by Crippen LogP contribution is 2.22. The molecule has 0 saturated carbocycles. The van der Waals surface area contributed by atoms with E-state index in [1.807, 2.05) is 6.07 Å². The largest absolute Gasteiger partial charge is 0.497 e. The molecule has 0 fully saturated rings. The Morgan fingerprint density at radius 2 is 1.86 bits per heavy atom. The van der Waals surface area contributed by atoms with Gasteiger partial charge < -0.3 is 14.3 Å². The van der Waals surface area contributed by atoms with Gasteiger partial charge in [-0.3, -0.25) is 4.79 Å². The fourth-order valence-electron chi connectivity index (χ4n) is 2.39. The van der Waals surface area contributed by atoms with Crippen LogP contribution in [0.3, 0.4) is 0 Å². The molecule has 1 atom stereocenters. The van der Waals surface area contributed by atoms with E-state index in [-0.39, 0.29) is 11.8 Å². The molecular weight excluding hydrogens is 280 g/mol. The third-order valence-electron chi connectivity index (χ3n) is 3.58. The van der Waals surface area contributed by atoms with Crippen molar-refractivity contribution < 1.29 is 14.3 Å². The standard InChI is InChI=1S/C18H16O4/c1-21-13-8-6-12(7-9-13)16(19)10-14-11-17(20)15-4-2-3-5-18(15)22-14/h2-9,11,16,19H,10H2,1H3. The van der Waals surface area contributed by atoms with Crippen LogP contribution in [0.15, 0.2) is 63.8 Å². The lowest BCUT2D eigenvalue weighted by Crippen LogP contribution is -2.06. The van der Waals surface area contributed by atoms with Gasteiger partial charge in [-0.05, 0) is 29.8 Å². The van der Waals surface area contributed by atoms with Crippen LogP contribution in [0.2, 0.25) is 0 Å². The van der Waals surface area contributed by atoms with Crippen LogP contribution in [0.5, 0.6) is 5.75 Å². The first-order valence-corrected chi connectivity index (χ1v) is 7.01. The zero-order chi connectivity index (χ0) is 15.5. The van der Waals surface area contributed by atoms with Crippen molar-refractivity contribution in [2.45, 2.75) is 12.5 Å². The Morgan fingerprint density at radius 1 is 1.14 bits per heavy atom. The van der Waals surface area contributed by atoms with Crippen molar-refractivity contribution in [2.24, 2.45) is 0 Å². The van der Waals surface area contributed by atoms with Gasteiger partial charge in [0.2, 0.25) is 0 Å². The van der Waals surface area contributed by atoms with Gasteiger partial charge in [0.15, 0.2) is 5.43 Å². The Bertz CT molecular complexity index is 834. The Balaban J connectivity index is 1.87. The van der Waals surface area contributed by atoms with Crippen molar-refractivity contribution in [2.75, 3.05) is 7.11 Å². The zero-order valence-corrected chi connectivity index (χ0v) is 12.2. The zero-order valence-electron chi connectivity index (χ0n) is 12.2. The first kappa shape index (κ1) is 14.4. The van der Waals surface area contributed by atoms with Crippen molar-refractivity contribution in [3.05, 3.63) is 76.1 Å². The monoisotopic (exact) mass is 296 g/mol. The van der Waals surface area contributed by atoms with Crippen molar-refractivity contribution in [3.8, 4) is 5.75 Å². The lowest BCUT2D eigenvalue weighted by molar-refractivity contribution is 0.170. The molecule has 1 heterocycles. The minimum absolute atomic E-state index is 0.0984. The van der Waals surface area contributed by atoms with Crippen LogP contribution in [0.25, 0.3) is 11.0 Å². The summed E-state index contributed by atoms with van der Waals surface area (Å²) in [6.07, 6.45) is -0.498. The first-order chi connectivity index (χ1) is 10.7. The molecule has 22 heavy (non-hydrogen) atoms. The molecule has 1 aromatic heterocycles. The predicted octanol–water partition coefficient (Wildman–Crippen LogP) is 3.08. The van der Waals surface area contributed by atoms with Crippen molar-refractivity contribution in [1.29, 1.82) is 0 Å². The lowest BCUT2D eigenvalue weighted by atomic mass is 10.0. The third kappa shape index (κ3) is 2.87. The average molecular weight is 296 g/mol. The van der Waals surface area contributed by atoms with Gasteiger partial charge >= 0.3 is 0 Å². The van der Waals surface area contributed by atoms with Gasteiger partial charge in [0, 0.05) is 12.5 Å². The van der Waals surface area contributed by atoms with Crippen LogP contribution in [-0.4, -0.2) is 12.2 Å². The normalized spacial score (nSPS) is 12.3. The van der Waals surface area contributed by atoms with Gasteiger partial charge in [-0.1, -0.05) is 24.3 Å². The number of benzene rings is 2. The highest BCUT2D eigenvalue weighted by atomic mass is 16.5. The van der Waals surface area contributed by atoms with Crippen molar-refractivity contribution >= 4 is 11.0 Å². The molecule has 0 saturated heterocycles. The molecule has 0 spiro atoms. The summed E-state index contributed by atoms with van der Waals surface area (Å²) < 4.78 is 10.8. The third-order valence-corrected chi connectivity index (χ3v) is 3.58. The number of aliphatic hydroxyl groups is 1. The van der Waals surface area contributed by atoms with Gasteiger partial charge in [0.05, 0.1) is 18.6 Å². The molecule has 1 unspecified atom stereocenters. The Hall–Kier alpha value is -2.59. The Labute approximate surface area is 127 Å². The molecule has 3 aromatic rings. The molecule has 0 aliphatic heterocycles. The minimum Gasteiger partial charge on any atom is -0.497 e. The molecule has 0 aliphatic carbocycles. The molecule has 3 rings (SSSR count). The molecule has 0 bridgehead atoms. The quantitative estimate of drug-likeness (QED) is 0.803. The summed E-state index contributed by atoms with van der Waals surface area (Å²) in [6.45, 7) is 0. The van der Waals surface area contributed by atoms with E-state index in [4.69, 9.17) is 9.15 Å². The van der Waals surface area contributed by atoms with Crippen LogP contribution >= 0.6 is 0 Å². The van der Waals surface area contributed by atoms with Crippen LogP contribution in [-0.2, 0) is 6.42 Å².